The van der Waals surface area contributed by atoms with E-state index in [4.69, 9.17) is 13.9 Å². The lowest BCUT2D eigenvalue weighted by molar-refractivity contribution is -0.119. The molecule has 0 bridgehead atoms. The highest BCUT2D eigenvalue weighted by molar-refractivity contribution is 9.10. The molecule has 1 aromatic heterocycles. The summed E-state index contributed by atoms with van der Waals surface area (Å²) in [6.07, 6.45) is 0. The van der Waals surface area contributed by atoms with E-state index in [9.17, 15) is 9.59 Å². The second-order valence-corrected chi connectivity index (χ2v) is 6.69. The highest BCUT2D eigenvalue weighted by Gasteiger charge is 2.20. The summed E-state index contributed by atoms with van der Waals surface area (Å²) >= 11 is 3.39. The Morgan fingerprint density at radius 2 is 1.89 bits per heavy atom. The Balaban J connectivity index is 1.60. The van der Waals surface area contributed by atoms with Gasteiger partial charge in [-0.15, -0.1) is 0 Å². The van der Waals surface area contributed by atoms with Gasteiger partial charge in [-0.25, -0.2) is 4.79 Å². The highest BCUT2D eigenvalue weighted by Crippen LogP contribution is 2.28. The van der Waals surface area contributed by atoms with Crippen molar-refractivity contribution in [1.82, 2.24) is 0 Å². The van der Waals surface area contributed by atoms with Crippen LogP contribution in [-0.2, 0) is 9.53 Å². The minimum absolute atomic E-state index is 0.0944. The molecule has 1 N–H and O–H groups in total. The Morgan fingerprint density at radius 1 is 1.15 bits per heavy atom. The molecule has 27 heavy (non-hydrogen) atoms. The number of anilines is 1. The van der Waals surface area contributed by atoms with E-state index >= 15 is 0 Å². The third-order valence-corrected chi connectivity index (χ3v) is 4.36. The van der Waals surface area contributed by atoms with Crippen molar-refractivity contribution in [1.29, 1.82) is 0 Å². The molecule has 3 rings (SSSR count). The summed E-state index contributed by atoms with van der Waals surface area (Å²) in [5.41, 5.74) is 1.84. The van der Waals surface area contributed by atoms with E-state index in [1.807, 2.05) is 19.1 Å². The molecule has 1 heterocycles. The summed E-state index contributed by atoms with van der Waals surface area (Å²) in [5, 5.41) is 3.47. The van der Waals surface area contributed by atoms with Crippen LogP contribution in [0.4, 0.5) is 5.69 Å². The van der Waals surface area contributed by atoms with Gasteiger partial charge < -0.3 is 19.2 Å². The predicted octanol–water partition coefficient (Wildman–Crippen LogP) is 4.70. The number of hydrogen-bond acceptors (Lipinski definition) is 5. The number of furan rings is 1. The summed E-state index contributed by atoms with van der Waals surface area (Å²) < 4.78 is 16.9. The van der Waals surface area contributed by atoms with Crippen LogP contribution >= 0.6 is 15.9 Å². The van der Waals surface area contributed by atoms with Crippen LogP contribution in [0.25, 0.3) is 11.0 Å². The van der Waals surface area contributed by atoms with E-state index in [0.29, 0.717) is 29.2 Å². The van der Waals surface area contributed by atoms with Gasteiger partial charge in [0.05, 0.1) is 6.61 Å². The maximum atomic E-state index is 12.3. The van der Waals surface area contributed by atoms with Gasteiger partial charge in [-0.05, 0) is 56.3 Å². The maximum Gasteiger partial charge on any atom is 0.375 e. The number of fused-ring (bicyclic) bond motifs is 1. The first kappa shape index (κ1) is 19.0. The minimum Gasteiger partial charge on any atom is -0.494 e. The van der Waals surface area contributed by atoms with Crippen molar-refractivity contribution < 1.29 is 23.5 Å². The molecular weight excluding hydrogens is 414 g/mol. The van der Waals surface area contributed by atoms with Crippen molar-refractivity contribution in [3.8, 4) is 5.75 Å². The number of ether oxygens (including phenoxy) is 2. The molecule has 0 spiro atoms. The quantitative estimate of drug-likeness (QED) is 0.572. The normalized spacial score (nSPS) is 10.6. The van der Waals surface area contributed by atoms with Crippen molar-refractivity contribution >= 4 is 44.5 Å². The Kier molecular flexibility index (Phi) is 5.81. The molecule has 140 valence electrons. The summed E-state index contributed by atoms with van der Waals surface area (Å²) in [7, 11) is 0. The zero-order chi connectivity index (χ0) is 19.4. The van der Waals surface area contributed by atoms with Crippen molar-refractivity contribution in [2.24, 2.45) is 0 Å². The number of halogens is 1. The number of carbonyl (C=O) groups excluding carboxylic acids is 2. The van der Waals surface area contributed by atoms with Gasteiger partial charge in [0.25, 0.3) is 5.91 Å². The lowest BCUT2D eigenvalue weighted by atomic mass is 10.1. The lowest BCUT2D eigenvalue weighted by Crippen LogP contribution is -2.21. The fourth-order valence-corrected chi connectivity index (χ4v) is 2.94. The summed E-state index contributed by atoms with van der Waals surface area (Å²) in [6, 6.07) is 12.4. The second kappa shape index (κ2) is 8.26. The predicted molar refractivity (Wildman–Crippen MR) is 105 cm³/mol. The van der Waals surface area contributed by atoms with E-state index < -0.39 is 18.5 Å². The van der Waals surface area contributed by atoms with Crippen molar-refractivity contribution in [2.45, 2.75) is 13.8 Å². The largest absolute Gasteiger partial charge is 0.494 e. The Morgan fingerprint density at radius 3 is 2.59 bits per heavy atom. The molecule has 0 aliphatic heterocycles. The number of benzene rings is 2. The molecule has 0 aliphatic rings. The van der Waals surface area contributed by atoms with Crippen LogP contribution in [0, 0.1) is 6.92 Å². The Labute approximate surface area is 164 Å². The van der Waals surface area contributed by atoms with Crippen LogP contribution in [0.5, 0.6) is 5.75 Å². The summed E-state index contributed by atoms with van der Waals surface area (Å²) in [5.74, 6) is -0.309. The van der Waals surface area contributed by atoms with Crippen molar-refractivity contribution in [3.63, 3.8) is 0 Å². The molecule has 0 radical (unpaired) electrons. The van der Waals surface area contributed by atoms with Gasteiger partial charge in [-0.1, -0.05) is 15.9 Å². The lowest BCUT2D eigenvalue weighted by Gasteiger charge is -2.07. The fourth-order valence-electron chi connectivity index (χ4n) is 2.58. The molecule has 0 saturated carbocycles. The number of esters is 1. The molecule has 1 amide bonds. The number of nitrogens with one attached hydrogen (secondary N) is 1. The number of aryl methyl sites for hydroxylation is 1. The third kappa shape index (κ3) is 4.49. The van der Waals surface area contributed by atoms with Gasteiger partial charge in [-0.3, -0.25) is 4.79 Å². The van der Waals surface area contributed by atoms with E-state index in [1.165, 1.54) is 0 Å². The molecule has 2 aromatic carbocycles. The Bertz CT molecular complexity index is 978. The van der Waals surface area contributed by atoms with Crippen LogP contribution < -0.4 is 10.1 Å². The molecule has 0 saturated heterocycles. The van der Waals surface area contributed by atoms with Crippen LogP contribution in [0.2, 0.25) is 0 Å². The van der Waals surface area contributed by atoms with Crippen LogP contribution in [0.3, 0.4) is 0 Å². The SMILES string of the molecule is CCOc1ccc(NC(=O)COC(=O)c2oc3ccc(Br)cc3c2C)cc1. The molecule has 3 aromatic rings. The minimum atomic E-state index is -0.679. The molecule has 7 heteroatoms. The number of amides is 1. The molecular formula is C20H18BrNO5. The molecule has 0 aliphatic carbocycles. The van der Waals surface area contributed by atoms with Gasteiger partial charge >= 0.3 is 5.97 Å². The van der Waals surface area contributed by atoms with Crippen LogP contribution in [-0.4, -0.2) is 25.1 Å². The molecule has 0 unspecified atom stereocenters. The average molecular weight is 432 g/mol. The zero-order valence-corrected chi connectivity index (χ0v) is 16.5. The fraction of sp³-hybridized carbons (Fsp3) is 0.200. The monoisotopic (exact) mass is 431 g/mol. The smallest absolute Gasteiger partial charge is 0.375 e. The van der Waals surface area contributed by atoms with E-state index in [0.717, 1.165) is 9.86 Å². The highest BCUT2D eigenvalue weighted by atomic mass is 79.9. The Hall–Kier alpha value is -2.80. The van der Waals surface area contributed by atoms with Crippen molar-refractivity contribution in [2.75, 3.05) is 18.5 Å². The van der Waals surface area contributed by atoms with Gasteiger partial charge in [0, 0.05) is 21.1 Å². The summed E-state index contributed by atoms with van der Waals surface area (Å²) in [6.45, 7) is 3.83. The molecule has 0 fully saturated rings. The zero-order valence-electron chi connectivity index (χ0n) is 14.9. The van der Waals surface area contributed by atoms with Crippen LogP contribution in [0.15, 0.2) is 51.4 Å². The topological polar surface area (TPSA) is 77.8 Å². The standard InChI is InChI=1S/C20H18BrNO5/c1-3-25-15-7-5-14(6-8-15)22-18(23)11-26-20(24)19-12(2)16-10-13(21)4-9-17(16)27-19/h4-10H,3,11H2,1-2H3,(H,22,23). The van der Waals surface area contributed by atoms with E-state index in [-0.39, 0.29) is 5.76 Å². The first-order valence-electron chi connectivity index (χ1n) is 8.36. The second-order valence-electron chi connectivity index (χ2n) is 5.78. The van der Waals surface area contributed by atoms with E-state index in [1.54, 1.807) is 37.3 Å². The molecule has 0 atom stereocenters. The number of rotatable bonds is 6. The van der Waals surface area contributed by atoms with Gasteiger partial charge in [0.2, 0.25) is 5.76 Å². The number of carbonyl (C=O) groups is 2. The van der Waals surface area contributed by atoms with Gasteiger partial charge in [0.1, 0.15) is 11.3 Å². The van der Waals surface area contributed by atoms with Crippen LogP contribution in [0.1, 0.15) is 23.0 Å². The summed E-state index contributed by atoms with van der Waals surface area (Å²) in [4.78, 5) is 24.3. The third-order valence-electron chi connectivity index (χ3n) is 3.87. The average Bonchev–Trinajstić information content (AvgIpc) is 2.98. The van der Waals surface area contributed by atoms with E-state index in [2.05, 4.69) is 21.2 Å². The van der Waals surface area contributed by atoms with Gasteiger partial charge in [-0.2, -0.15) is 0 Å². The first-order chi connectivity index (χ1) is 13.0. The van der Waals surface area contributed by atoms with Gasteiger partial charge in [0.15, 0.2) is 6.61 Å². The number of hydrogen-bond donors (Lipinski definition) is 1. The molecule has 6 nitrogen and oxygen atoms in total. The first-order valence-corrected chi connectivity index (χ1v) is 9.15. The maximum absolute atomic E-state index is 12.3. The van der Waals surface area contributed by atoms with Crippen molar-refractivity contribution in [3.05, 3.63) is 58.3 Å².